The largest absolute Gasteiger partial charge is 0.463 e. The zero-order chi connectivity index (χ0) is 16.3. The van der Waals surface area contributed by atoms with Crippen LogP contribution in [0.15, 0.2) is 23.8 Å². The first-order chi connectivity index (χ1) is 9.92. The molecular weight excluding hydrogens is 272 g/mol. The molecule has 0 saturated heterocycles. The van der Waals surface area contributed by atoms with Crippen LogP contribution in [-0.4, -0.2) is 43.8 Å². The molecule has 0 bridgehead atoms. The molecule has 3 atom stereocenters. The third-order valence-corrected chi connectivity index (χ3v) is 3.25. The number of carbonyl (C=O) groups excluding carboxylic acids is 1. The number of ether oxygens (including phenoxy) is 3. The van der Waals surface area contributed by atoms with Crippen LogP contribution in [0.4, 0.5) is 0 Å². The Morgan fingerprint density at radius 3 is 2.52 bits per heavy atom. The summed E-state index contributed by atoms with van der Waals surface area (Å²) in [6.45, 7) is 8.06. The molecule has 1 N–H and O–H groups in total. The van der Waals surface area contributed by atoms with E-state index in [1.807, 2.05) is 26.8 Å². The zero-order valence-electron chi connectivity index (χ0n) is 13.7. The number of aliphatic hydroxyl groups is 1. The number of rotatable bonds is 10. The number of aliphatic hydroxyl groups excluding tert-OH is 1. The standard InChI is InChI=1S/C16H28O5/c1-6-20-16(18)10-8-12(2)7-9-15(17)13(3)14(4)21-11-19-5/h7-8,10,13-15,17H,6,9,11H2,1-5H3/b10-8+,12-7+/t13-,14-,15-/m1/s1. The van der Waals surface area contributed by atoms with Crippen LogP contribution in [0.5, 0.6) is 0 Å². The predicted molar refractivity (Wildman–Crippen MR) is 81.7 cm³/mol. The summed E-state index contributed by atoms with van der Waals surface area (Å²) in [5.74, 6) is -0.376. The van der Waals surface area contributed by atoms with Crippen LogP contribution in [-0.2, 0) is 19.0 Å². The molecule has 0 rings (SSSR count). The van der Waals surface area contributed by atoms with E-state index in [4.69, 9.17) is 14.2 Å². The third kappa shape index (κ3) is 9.39. The van der Waals surface area contributed by atoms with Gasteiger partial charge in [0.2, 0.25) is 0 Å². The monoisotopic (exact) mass is 300 g/mol. The van der Waals surface area contributed by atoms with Crippen LogP contribution in [0.3, 0.4) is 0 Å². The average molecular weight is 300 g/mol. The minimum atomic E-state index is -0.511. The van der Waals surface area contributed by atoms with Gasteiger partial charge in [-0.25, -0.2) is 4.79 Å². The van der Waals surface area contributed by atoms with E-state index in [-0.39, 0.29) is 24.8 Å². The second-order valence-electron chi connectivity index (χ2n) is 4.97. The van der Waals surface area contributed by atoms with E-state index in [2.05, 4.69) is 0 Å². The van der Waals surface area contributed by atoms with Crippen LogP contribution in [0, 0.1) is 5.92 Å². The molecule has 0 amide bonds. The Bertz CT molecular complexity index is 349. The molecule has 0 aromatic rings. The Labute approximate surface area is 127 Å². The number of hydrogen-bond acceptors (Lipinski definition) is 5. The summed E-state index contributed by atoms with van der Waals surface area (Å²) >= 11 is 0. The first-order valence-electron chi connectivity index (χ1n) is 7.22. The highest BCUT2D eigenvalue weighted by atomic mass is 16.7. The molecule has 0 spiro atoms. The molecule has 0 unspecified atom stereocenters. The maximum Gasteiger partial charge on any atom is 0.330 e. The van der Waals surface area contributed by atoms with Crippen LogP contribution < -0.4 is 0 Å². The number of hydrogen-bond donors (Lipinski definition) is 1. The topological polar surface area (TPSA) is 65.0 Å². The van der Waals surface area contributed by atoms with Crippen LogP contribution in [0.1, 0.15) is 34.1 Å². The molecule has 0 saturated carbocycles. The van der Waals surface area contributed by atoms with Crippen LogP contribution in [0.25, 0.3) is 0 Å². The van der Waals surface area contributed by atoms with E-state index in [9.17, 15) is 9.90 Å². The summed E-state index contributed by atoms with van der Waals surface area (Å²) in [5, 5.41) is 10.1. The lowest BCUT2D eigenvalue weighted by atomic mass is 9.96. The van der Waals surface area contributed by atoms with Gasteiger partial charge in [-0.15, -0.1) is 0 Å². The molecule has 0 fully saturated rings. The molecule has 0 aliphatic heterocycles. The van der Waals surface area contributed by atoms with Gasteiger partial charge < -0.3 is 19.3 Å². The van der Waals surface area contributed by atoms with E-state index >= 15 is 0 Å². The molecule has 0 aromatic heterocycles. The number of carbonyl (C=O) groups is 1. The van der Waals surface area contributed by atoms with Gasteiger partial charge in [-0.3, -0.25) is 0 Å². The second-order valence-corrected chi connectivity index (χ2v) is 4.97. The Morgan fingerprint density at radius 1 is 1.29 bits per heavy atom. The van der Waals surface area contributed by atoms with E-state index in [0.29, 0.717) is 13.0 Å². The zero-order valence-corrected chi connectivity index (χ0v) is 13.7. The molecule has 5 heteroatoms. The highest BCUT2D eigenvalue weighted by Crippen LogP contribution is 2.16. The van der Waals surface area contributed by atoms with Gasteiger partial charge in [0, 0.05) is 19.1 Å². The fraction of sp³-hybridized carbons (Fsp3) is 0.688. The lowest BCUT2D eigenvalue weighted by molar-refractivity contribution is -0.137. The minimum absolute atomic E-state index is 0.0155. The van der Waals surface area contributed by atoms with Crippen molar-refractivity contribution in [2.24, 2.45) is 5.92 Å². The van der Waals surface area contributed by atoms with E-state index in [1.165, 1.54) is 6.08 Å². The van der Waals surface area contributed by atoms with Crippen molar-refractivity contribution in [3.63, 3.8) is 0 Å². The fourth-order valence-corrected chi connectivity index (χ4v) is 1.62. The van der Waals surface area contributed by atoms with Gasteiger partial charge in [0.25, 0.3) is 0 Å². The Balaban J connectivity index is 4.27. The highest BCUT2D eigenvalue weighted by Gasteiger charge is 2.20. The molecule has 0 heterocycles. The van der Waals surface area contributed by atoms with Crippen molar-refractivity contribution < 1.29 is 24.1 Å². The first kappa shape index (κ1) is 19.8. The number of methoxy groups -OCH3 is 1. The first-order valence-corrected chi connectivity index (χ1v) is 7.22. The van der Waals surface area contributed by atoms with Gasteiger partial charge in [0.1, 0.15) is 6.79 Å². The SMILES string of the molecule is CCOC(=O)/C=C/C(C)=C/C[C@@H](O)[C@H](C)[C@@H](C)OCOC. The molecule has 0 aromatic carbocycles. The molecule has 0 aliphatic carbocycles. The molecule has 0 radical (unpaired) electrons. The van der Waals surface area contributed by atoms with Crippen molar-refractivity contribution in [3.8, 4) is 0 Å². The quantitative estimate of drug-likeness (QED) is 0.290. The van der Waals surface area contributed by atoms with Crippen molar-refractivity contribution in [1.82, 2.24) is 0 Å². The average Bonchev–Trinajstić information content (AvgIpc) is 2.47. The summed E-state index contributed by atoms with van der Waals surface area (Å²) in [7, 11) is 1.57. The minimum Gasteiger partial charge on any atom is -0.463 e. The van der Waals surface area contributed by atoms with Gasteiger partial charge in [-0.05, 0) is 27.2 Å². The summed E-state index contributed by atoms with van der Waals surface area (Å²) < 4.78 is 15.0. The lowest BCUT2D eigenvalue weighted by Crippen LogP contribution is -2.29. The summed E-state index contributed by atoms with van der Waals surface area (Å²) in [6.07, 6.45) is 4.85. The molecule has 21 heavy (non-hydrogen) atoms. The van der Waals surface area contributed by atoms with Crippen molar-refractivity contribution in [3.05, 3.63) is 23.8 Å². The molecule has 122 valence electrons. The van der Waals surface area contributed by atoms with Gasteiger partial charge in [0.15, 0.2) is 0 Å². The Morgan fingerprint density at radius 2 is 1.95 bits per heavy atom. The van der Waals surface area contributed by atoms with Crippen LogP contribution >= 0.6 is 0 Å². The van der Waals surface area contributed by atoms with E-state index in [1.54, 1.807) is 20.1 Å². The van der Waals surface area contributed by atoms with Crippen LogP contribution in [0.2, 0.25) is 0 Å². The van der Waals surface area contributed by atoms with E-state index in [0.717, 1.165) is 5.57 Å². The van der Waals surface area contributed by atoms with E-state index < -0.39 is 6.10 Å². The van der Waals surface area contributed by atoms with Gasteiger partial charge in [-0.2, -0.15) is 0 Å². The van der Waals surface area contributed by atoms with Crippen molar-refractivity contribution in [2.45, 2.75) is 46.3 Å². The number of allylic oxidation sites excluding steroid dienone is 2. The Hall–Kier alpha value is -1.17. The summed E-state index contributed by atoms with van der Waals surface area (Å²) in [6, 6.07) is 0. The fourth-order valence-electron chi connectivity index (χ4n) is 1.62. The molecular formula is C16H28O5. The smallest absolute Gasteiger partial charge is 0.330 e. The third-order valence-electron chi connectivity index (χ3n) is 3.25. The summed E-state index contributed by atoms with van der Waals surface area (Å²) in [5.41, 5.74) is 0.903. The summed E-state index contributed by atoms with van der Waals surface area (Å²) in [4.78, 5) is 11.2. The maximum absolute atomic E-state index is 11.2. The van der Waals surface area contributed by atoms with Gasteiger partial charge >= 0.3 is 5.97 Å². The van der Waals surface area contributed by atoms with Crippen molar-refractivity contribution in [1.29, 1.82) is 0 Å². The normalized spacial score (nSPS) is 16.8. The van der Waals surface area contributed by atoms with Crippen molar-refractivity contribution >= 4 is 5.97 Å². The number of esters is 1. The Kier molecular flexibility index (Phi) is 10.8. The predicted octanol–water partition coefficient (Wildman–Crippen LogP) is 2.45. The molecule has 0 aliphatic rings. The van der Waals surface area contributed by atoms with Gasteiger partial charge in [-0.1, -0.05) is 24.6 Å². The maximum atomic E-state index is 11.2. The highest BCUT2D eigenvalue weighted by molar-refractivity contribution is 5.82. The van der Waals surface area contributed by atoms with Gasteiger partial charge in [0.05, 0.1) is 18.8 Å². The van der Waals surface area contributed by atoms with Crippen molar-refractivity contribution in [2.75, 3.05) is 20.5 Å². The second kappa shape index (κ2) is 11.5. The molecule has 5 nitrogen and oxygen atoms in total. The lowest BCUT2D eigenvalue weighted by Gasteiger charge is -2.24.